The van der Waals surface area contributed by atoms with Gasteiger partial charge in [-0.3, -0.25) is 4.79 Å². The molecule has 0 atom stereocenters. The Labute approximate surface area is 132 Å². The highest BCUT2D eigenvalue weighted by Gasteiger charge is 2.47. The molecule has 114 valence electrons. The highest BCUT2D eigenvalue weighted by Crippen LogP contribution is 2.56. The third kappa shape index (κ3) is 3.41. The first-order valence-electron chi connectivity index (χ1n) is 6.89. The molecule has 1 saturated heterocycles. The van der Waals surface area contributed by atoms with E-state index in [1.807, 2.05) is 6.07 Å². The fraction of sp³-hybridized carbons (Fsp3) is 0.615. The Balaban J connectivity index is 1.82. The first kappa shape index (κ1) is 14.9. The minimum absolute atomic E-state index is 0.122. The van der Waals surface area contributed by atoms with Crippen LogP contribution in [0.25, 0.3) is 0 Å². The number of rotatable bonds is 5. The van der Waals surface area contributed by atoms with E-state index in [1.165, 1.54) is 0 Å². The summed E-state index contributed by atoms with van der Waals surface area (Å²) in [5.74, 6) is 0.827. The largest absolute Gasteiger partial charge is 0.378 e. The number of morpholine rings is 1. The predicted molar refractivity (Wildman–Crippen MR) is 82.6 cm³/mol. The van der Waals surface area contributed by atoms with Gasteiger partial charge in [0.25, 0.3) is 0 Å². The summed E-state index contributed by atoms with van der Waals surface area (Å²) in [6, 6.07) is 1.98. The summed E-state index contributed by atoms with van der Waals surface area (Å²) in [7, 11) is 0. The van der Waals surface area contributed by atoms with E-state index in [0.717, 1.165) is 37.4 Å². The summed E-state index contributed by atoms with van der Waals surface area (Å²) >= 11 is 7.63. The van der Waals surface area contributed by atoms with Crippen molar-refractivity contribution in [2.75, 3.05) is 37.0 Å². The van der Waals surface area contributed by atoms with Crippen molar-refractivity contribution in [1.29, 1.82) is 0 Å². The van der Waals surface area contributed by atoms with Crippen LogP contribution in [0.1, 0.15) is 18.5 Å². The lowest BCUT2D eigenvalue weighted by Gasteiger charge is -2.28. The fourth-order valence-corrected chi connectivity index (χ4v) is 3.63. The SMILES string of the molecule is NC(=O)CSC1(c2cc(N3CCOCC3)nc(Cl)n2)CC1. The van der Waals surface area contributed by atoms with Gasteiger partial charge < -0.3 is 15.4 Å². The number of carbonyl (C=O) groups excluding carboxylic acids is 1. The molecule has 2 heterocycles. The summed E-state index contributed by atoms with van der Waals surface area (Å²) in [4.78, 5) is 21.8. The third-order valence-corrected chi connectivity index (χ3v) is 5.45. The van der Waals surface area contributed by atoms with Crippen LogP contribution >= 0.6 is 23.4 Å². The molecule has 2 N–H and O–H groups in total. The van der Waals surface area contributed by atoms with Crippen LogP contribution in [-0.4, -0.2) is 47.9 Å². The quantitative estimate of drug-likeness (QED) is 0.817. The first-order valence-corrected chi connectivity index (χ1v) is 8.25. The zero-order valence-corrected chi connectivity index (χ0v) is 13.1. The number of primary amides is 1. The molecule has 6 nitrogen and oxygen atoms in total. The summed E-state index contributed by atoms with van der Waals surface area (Å²) in [6.07, 6.45) is 1.97. The smallest absolute Gasteiger partial charge is 0.227 e. The Bertz CT molecular complexity index is 547. The third-order valence-electron chi connectivity index (χ3n) is 3.68. The van der Waals surface area contributed by atoms with Crippen LogP contribution in [0.5, 0.6) is 0 Å². The average Bonchev–Trinajstić information content (AvgIpc) is 3.27. The van der Waals surface area contributed by atoms with Crippen molar-refractivity contribution in [3.8, 4) is 0 Å². The molecule has 0 bridgehead atoms. The van der Waals surface area contributed by atoms with Gasteiger partial charge in [0.15, 0.2) is 0 Å². The molecule has 1 aliphatic heterocycles. The second kappa shape index (κ2) is 5.98. The number of hydrogen-bond acceptors (Lipinski definition) is 6. The minimum Gasteiger partial charge on any atom is -0.378 e. The Morgan fingerprint density at radius 1 is 1.43 bits per heavy atom. The van der Waals surface area contributed by atoms with Crippen molar-refractivity contribution >= 4 is 35.1 Å². The molecule has 0 aromatic carbocycles. The Morgan fingerprint density at radius 2 is 2.14 bits per heavy atom. The molecule has 3 rings (SSSR count). The Morgan fingerprint density at radius 3 is 2.76 bits per heavy atom. The molecule has 1 aromatic rings. The summed E-state index contributed by atoms with van der Waals surface area (Å²) < 4.78 is 5.23. The van der Waals surface area contributed by atoms with Gasteiger partial charge in [0.1, 0.15) is 5.82 Å². The molecule has 1 aromatic heterocycles. The van der Waals surface area contributed by atoms with Gasteiger partial charge in [0.05, 0.1) is 29.4 Å². The molecule has 0 unspecified atom stereocenters. The van der Waals surface area contributed by atoms with Gasteiger partial charge in [0, 0.05) is 19.2 Å². The second-order valence-corrected chi connectivity index (χ2v) is 6.93. The maximum Gasteiger partial charge on any atom is 0.227 e. The molecule has 1 aliphatic carbocycles. The van der Waals surface area contributed by atoms with E-state index in [0.29, 0.717) is 19.0 Å². The lowest BCUT2D eigenvalue weighted by Crippen LogP contribution is -2.37. The number of hydrogen-bond donors (Lipinski definition) is 1. The average molecular weight is 329 g/mol. The van der Waals surface area contributed by atoms with Crippen LogP contribution < -0.4 is 10.6 Å². The fourth-order valence-electron chi connectivity index (χ4n) is 2.39. The number of nitrogens with two attached hydrogens (primary N) is 1. The van der Waals surface area contributed by atoms with E-state index in [-0.39, 0.29) is 15.9 Å². The van der Waals surface area contributed by atoms with Crippen LogP contribution in [0.3, 0.4) is 0 Å². The van der Waals surface area contributed by atoms with Crippen molar-refractivity contribution in [3.05, 3.63) is 17.0 Å². The number of anilines is 1. The molecule has 2 aliphatic rings. The maximum atomic E-state index is 11.0. The zero-order valence-electron chi connectivity index (χ0n) is 11.5. The number of thioether (sulfide) groups is 1. The second-order valence-electron chi connectivity index (χ2n) is 5.23. The van der Waals surface area contributed by atoms with E-state index in [4.69, 9.17) is 22.1 Å². The lowest BCUT2D eigenvalue weighted by molar-refractivity contribution is -0.115. The van der Waals surface area contributed by atoms with Crippen LogP contribution in [0.2, 0.25) is 5.28 Å². The maximum absolute atomic E-state index is 11.0. The van der Waals surface area contributed by atoms with Gasteiger partial charge in [-0.15, -0.1) is 11.8 Å². The van der Waals surface area contributed by atoms with Crippen LogP contribution in [0.4, 0.5) is 5.82 Å². The molecular formula is C13H17ClN4O2S. The summed E-state index contributed by atoms with van der Waals surface area (Å²) in [5, 5.41) is 0.250. The monoisotopic (exact) mass is 328 g/mol. The number of aromatic nitrogens is 2. The standard InChI is InChI=1S/C13H17ClN4O2S/c14-12-16-9(13(1-2-13)21-8-10(15)19)7-11(17-12)18-3-5-20-6-4-18/h7H,1-6,8H2,(H2,15,19). The highest BCUT2D eigenvalue weighted by molar-refractivity contribution is 8.01. The van der Waals surface area contributed by atoms with Crippen LogP contribution in [-0.2, 0) is 14.3 Å². The molecule has 0 radical (unpaired) electrons. The lowest BCUT2D eigenvalue weighted by atomic mass is 10.2. The Kier molecular flexibility index (Phi) is 4.24. The topological polar surface area (TPSA) is 81.3 Å². The van der Waals surface area contributed by atoms with Gasteiger partial charge in [-0.25, -0.2) is 9.97 Å². The molecule has 21 heavy (non-hydrogen) atoms. The zero-order chi connectivity index (χ0) is 14.9. The summed E-state index contributed by atoms with van der Waals surface area (Å²) in [6.45, 7) is 2.99. The number of carbonyl (C=O) groups is 1. The van der Waals surface area contributed by atoms with Crippen molar-refractivity contribution in [3.63, 3.8) is 0 Å². The van der Waals surface area contributed by atoms with E-state index < -0.39 is 0 Å². The van der Waals surface area contributed by atoms with Crippen molar-refractivity contribution in [2.24, 2.45) is 5.73 Å². The molecule has 2 fully saturated rings. The van der Waals surface area contributed by atoms with Crippen molar-refractivity contribution in [2.45, 2.75) is 17.6 Å². The molecular weight excluding hydrogens is 312 g/mol. The minimum atomic E-state index is -0.306. The Hall–Kier alpha value is -1.05. The normalized spacial score (nSPS) is 20.3. The number of amides is 1. The first-order chi connectivity index (χ1) is 10.1. The number of ether oxygens (including phenoxy) is 1. The van der Waals surface area contributed by atoms with Crippen LogP contribution in [0.15, 0.2) is 6.07 Å². The molecule has 1 amide bonds. The number of halogens is 1. The van der Waals surface area contributed by atoms with Gasteiger partial charge in [-0.2, -0.15) is 0 Å². The van der Waals surface area contributed by atoms with E-state index >= 15 is 0 Å². The van der Waals surface area contributed by atoms with E-state index in [9.17, 15) is 4.79 Å². The van der Waals surface area contributed by atoms with Gasteiger partial charge in [-0.05, 0) is 24.4 Å². The van der Waals surface area contributed by atoms with Crippen molar-refractivity contribution < 1.29 is 9.53 Å². The van der Waals surface area contributed by atoms with Gasteiger partial charge in [0.2, 0.25) is 11.2 Å². The summed E-state index contributed by atoms with van der Waals surface area (Å²) in [5.41, 5.74) is 6.14. The van der Waals surface area contributed by atoms with Crippen LogP contribution in [0, 0.1) is 0 Å². The predicted octanol–water partition coefficient (Wildman–Crippen LogP) is 1.17. The van der Waals surface area contributed by atoms with E-state index in [2.05, 4.69) is 14.9 Å². The van der Waals surface area contributed by atoms with Gasteiger partial charge in [-0.1, -0.05) is 0 Å². The van der Waals surface area contributed by atoms with Gasteiger partial charge >= 0.3 is 0 Å². The molecule has 1 saturated carbocycles. The van der Waals surface area contributed by atoms with Crippen molar-refractivity contribution in [1.82, 2.24) is 9.97 Å². The number of nitrogens with zero attached hydrogens (tertiary/aromatic N) is 3. The molecule has 8 heteroatoms. The molecule has 0 spiro atoms. The highest BCUT2D eigenvalue weighted by atomic mass is 35.5. The van der Waals surface area contributed by atoms with E-state index in [1.54, 1.807) is 11.8 Å².